The minimum atomic E-state index is -4.60. The first-order chi connectivity index (χ1) is 24.1. The topological polar surface area (TPSA) is 203 Å². The van der Waals surface area contributed by atoms with E-state index in [9.17, 15) is 40.3 Å². The predicted octanol–water partition coefficient (Wildman–Crippen LogP) is 2.80. The summed E-state index contributed by atoms with van der Waals surface area (Å²) in [6.45, 7) is 10.8. The number of hydrogen-bond acceptors (Lipinski definition) is 12. The van der Waals surface area contributed by atoms with Crippen molar-refractivity contribution in [2.75, 3.05) is 29.5 Å². The number of nitrogens with zero attached hydrogens (tertiary/aromatic N) is 4. The smallest absolute Gasteiger partial charge is 0.333 e. The van der Waals surface area contributed by atoms with Gasteiger partial charge < -0.3 is 19.0 Å². The molecule has 1 fully saturated rings. The van der Waals surface area contributed by atoms with E-state index in [1.54, 1.807) is 12.1 Å². The Kier molecular flexibility index (Phi) is 9.81. The molecule has 1 N–H and O–H groups in total. The van der Waals surface area contributed by atoms with Gasteiger partial charge in [0.15, 0.2) is 17.0 Å². The molecule has 15 nitrogen and oxygen atoms in total. The lowest BCUT2D eigenvalue weighted by Gasteiger charge is -2.48. The minimum Gasteiger partial charge on any atom is -0.748 e. The number of ether oxygens (including phenoxy) is 1. The molecule has 2 amide bonds. The molecule has 17 heteroatoms. The average Bonchev–Trinajstić information content (AvgIpc) is 3.32. The number of rotatable bonds is 11. The van der Waals surface area contributed by atoms with Crippen LogP contribution in [-0.4, -0.2) is 84.5 Å². The summed E-state index contributed by atoms with van der Waals surface area (Å²) in [6, 6.07) is 7.40. The number of hydroxylamine groups is 2. The molecule has 0 aliphatic carbocycles. The molecule has 2 unspecified atom stereocenters. The van der Waals surface area contributed by atoms with E-state index in [1.807, 2.05) is 30.6 Å². The molecule has 2 atom stereocenters. The minimum absolute atomic E-state index is 0.0108. The van der Waals surface area contributed by atoms with Gasteiger partial charge in [-0.1, -0.05) is 6.92 Å². The molecule has 6 rings (SSSR count). The number of amides is 2. The third-order valence-electron chi connectivity index (χ3n) is 10.4. The van der Waals surface area contributed by atoms with E-state index < -0.39 is 55.2 Å². The van der Waals surface area contributed by atoms with Crippen LogP contribution >= 0.6 is 0 Å². The fourth-order valence-electron chi connectivity index (χ4n) is 8.20. The van der Waals surface area contributed by atoms with Crippen LogP contribution in [0.15, 0.2) is 29.3 Å². The van der Waals surface area contributed by atoms with Crippen LogP contribution in [0.2, 0.25) is 0 Å². The molecule has 4 heterocycles. The second-order valence-corrected chi connectivity index (χ2v) is 18.4. The standard InChI is InChI=1S/C35H44N4O11S2/c1-21-18-34(2,3)38(12-7-13-51(43,44)45)27-16-29-25(14-23(21)27)36-26-15-24-22(20-52(46,47)48)19-35(4,5)37(28(24)17-30(26)49-29)11-6-8-33(42)50-39-31(40)9-10-32(39)41/h14-17,21-22H,6-13,18-20H2,1-5H3,(H-,43,44,45,46,47,48). The third kappa shape index (κ3) is 7.87. The third-order valence-corrected chi connectivity index (χ3v) is 12.0. The predicted molar refractivity (Wildman–Crippen MR) is 187 cm³/mol. The summed E-state index contributed by atoms with van der Waals surface area (Å²) in [7, 11) is -8.72. The Labute approximate surface area is 302 Å². The van der Waals surface area contributed by atoms with Crippen molar-refractivity contribution >= 4 is 49.4 Å². The second-order valence-electron chi connectivity index (χ2n) is 15.4. The molecule has 1 saturated heterocycles. The fraction of sp³-hybridized carbons (Fsp3) is 0.571. The van der Waals surface area contributed by atoms with Gasteiger partial charge in [-0.05, 0) is 64.2 Å². The molecule has 0 radical (unpaired) electrons. The highest BCUT2D eigenvalue weighted by molar-refractivity contribution is 7.86. The van der Waals surface area contributed by atoms with Crippen LogP contribution in [0, 0.1) is 0 Å². The number of anilines is 1. The summed E-state index contributed by atoms with van der Waals surface area (Å²) in [4.78, 5) is 48.5. The molecular formula is C35H44N4O11S2. The van der Waals surface area contributed by atoms with Crippen LogP contribution in [0.4, 0.5) is 11.4 Å². The van der Waals surface area contributed by atoms with E-state index in [0.717, 1.165) is 17.7 Å². The van der Waals surface area contributed by atoms with E-state index >= 15 is 0 Å². The maximum Gasteiger partial charge on any atom is 0.333 e. The Morgan fingerprint density at radius 1 is 1.02 bits per heavy atom. The molecule has 4 aliphatic heterocycles. The second kappa shape index (κ2) is 13.5. The van der Waals surface area contributed by atoms with Crippen molar-refractivity contribution in [3.63, 3.8) is 0 Å². The van der Waals surface area contributed by atoms with E-state index in [0.29, 0.717) is 58.0 Å². The van der Waals surface area contributed by atoms with Gasteiger partial charge in [0.2, 0.25) is 5.36 Å². The first-order valence-corrected chi connectivity index (χ1v) is 20.6. The van der Waals surface area contributed by atoms with Crippen LogP contribution in [0.3, 0.4) is 0 Å². The van der Waals surface area contributed by atoms with Crippen LogP contribution in [-0.2, 0) is 39.5 Å². The van der Waals surface area contributed by atoms with Gasteiger partial charge in [-0.15, -0.1) is 5.06 Å². The summed E-state index contributed by atoms with van der Waals surface area (Å²) in [5.74, 6) is -2.44. The van der Waals surface area contributed by atoms with Gasteiger partial charge in [-0.25, -0.2) is 22.8 Å². The van der Waals surface area contributed by atoms with Crippen molar-refractivity contribution in [1.82, 2.24) is 9.64 Å². The Morgan fingerprint density at radius 3 is 2.37 bits per heavy atom. The molecule has 0 spiro atoms. The molecule has 0 bridgehead atoms. The maximum atomic E-state index is 12.6. The lowest BCUT2D eigenvalue weighted by Crippen LogP contribution is -2.54. The monoisotopic (exact) mass is 760 g/mol. The van der Waals surface area contributed by atoms with Gasteiger partial charge in [0.05, 0.1) is 28.4 Å². The highest BCUT2D eigenvalue weighted by Crippen LogP contribution is 2.49. The lowest BCUT2D eigenvalue weighted by molar-refractivity contribution is -0.197. The normalized spacial score (nSPS) is 21.8. The lowest BCUT2D eigenvalue weighted by atomic mass is 9.79. The molecular weight excluding hydrogens is 717 g/mol. The summed E-state index contributed by atoms with van der Waals surface area (Å²) in [5.41, 5.74) is 2.10. The Balaban J connectivity index is 1.38. The van der Waals surface area contributed by atoms with Crippen LogP contribution in [0.25, 0.3) is 0 Å². The van der Waals surface area contributed by atoms with Crippen LogP contribution in [0.5, 0.6) is 11.5 Å². The first kappa shape index (κ1) is 37.8. The number of hydrogen-bond donors (Lipinski definition) is 1. The van der Waals surface area contributed by atoms with Crippen molar-refractivity contribution in [2.45, 2.75) is 102 Å². The summed E-state index contributed by atoms with van der Waals surface area (Å²) in [6.07, 6.45) is 1.51. The number of imide groups is 1. The van der Waals surface area contributed by atoms with E-state index in [4.69, 9.17) is 14.6 Å². The average molecular weight is 761 g/mol. The van der Waals surface area contributed by atoms with Crippen molar-refractivity contribution in [3.8, 4) is 11.5 Å². The summed E-state index contributed by atoms with van der Waals surface area (Å²) < 4.78 is 77.1. The molecule has 0 aromatic heterocycles. The Morgan fingerprint density at radius 2 is 1.71 bits per heavy atom. The van der Waals surface area contributed by atoms with Gasteiger partial charge >= 0.3 is 5.97 Å². The highest BCUT2D eigenvalue weighted by atomic mass is 32.2. The van der Waals surface area contributed by atoms with E-state index in [2.05, 4.69) is 25.7 Å². The quantitative estimate of drug-likeness (QED) is 0.170. The zero-order chi connectivity index (χ0) is 38.0. The van der Waals surface area contributed by atoms with Crippen LogP contribution in [0.1, 0.15) is 103 Å². The number of carbonyl (C=O) groups excluding carboxylic acids is 3. The van der Waals surface area contributed by atoms with Gasteiger partial charge in [0.25, 0.3) is 21.9 Å². The molecule has 0 saturated carbocycles. The zero-order valence-corrected chi connectivity index (χ0v) is 31.5. The fourth-order valence-corrected chi connectivity index (χ4v) is 9.49. The number of benzene rings is 2. The Hall–Kier alpha value is -3.93. The summed E-state index contributed by atoms with van der Waals surface area (Å²) >= 11 is 0. The largest absolute Gasteiger partial charge is 0.748 e. The van der Waals surface area contributed by atoms with Crippen LogP contribution < -0.4 is 24.9 Å². The Bertz CT molecular complexity index is 2180. The van der Waals surface area contributed by atoms with Crippen molar-refractivity contribution in [2.24, 2.45) is 4.99 Å². The maximum absolute atomic E-state index is 12.6. The van der Waals surface area contributed by atoms with Crippen molar-refractivity contribution < 1.29 is 49.9 Å². The van der Waals surface area contributed by atoms with Gasteiger partial charge in [0, 0.05) is 66.8 Å². The molecule has 2 aromatic rings. The number of carbonyl (C=O) groups is 3. The SMILES string of the molecule is CC1CC(C)(C)N(CCCS(=O)(=O)O)c2cc3c(cc21)N=c1cc2c(cc1O3)=[N+](CCCC(=O)ON1C(=O)CCC1=O)C(C)(C)CC2CS(=O)(=O)[O-]. The highest BCUT2D eigenvalue weighted by Gasteiger charge is 2.42. The van der Waals surface area contributed by atoms with Gasteiger partial charge in [-0.2, -0.15) is 8.42 Å². The molecule has 282 valence electrons. The van der Waals surface area contributed by atoms with Gasteiger partial charge in [-0.3, -0.25) is 14.1 Å². The first-order valence-electron chi connectivity index (χ1n) is 17.4. The number of fused-ring (bicyclic) bond motifs is 4. The molecule has 52 heavy (non-hydrogen) atoms. The summed E-state index contributed by atoms with van der Waals surface area (Å²) in [5, 5.41) is 1.61. The van der Waals surface area contributed by atoms with E-state index in [-0.39, 0.29) is 49.3 Å². The van der Waals surface area contributed by atoms with Gasteiger partial charge in [0.1, 0.15) is 17.6 Å². The van der Waals surface area contributed by atoms with Crippen molar-refractivity contribution in [3.05, 3.63) is 46.1 Å². The molecule has 2 aromatic carbocycles. The molecule has 4 aliphatic rings. The van der Waals surface area contributed by atoms with Crippen molar-refractivity contribution in [1.29, 1.82) is 0 Å². The van der Waals surface area contributed by atoms with E-state index in [1.165, 1.54) is 0 Å². The zero-order valence-electron chi connectivity index (χ0n) is 29.9.